The lowest BCUT2D eigenvalue weighted by Gasteiger charge is -2.12. The summed E-state index contributed by atoms with van der Waals surface area (Å²) >= 11 is 1.77. The van der Waals surface area contributed by atoms with Crippen molar-refractivity contribution in [3.8, 4) is 0 Å². The molecule has 0 aliphatic heterocycles. The van der Waals surface area contributed by atoms with E-state index in [1.165, 1.54) is 4.88 Å². The van der Waals surface area contributed by atoms with Gasteiger partial charge in [-0.25, -0.2) is 4.98 Å². The molecule has 2 heterocycles. The van der Waals surface area contributed by atoms with E-state index in [9.17, 15) is 0 Å². The SMILES string of the molecule is CCc1nncn1CCNC(=NC)NCCc1sc(C)nc1C. The van der Waals surface area contributed by atoms with Crippen LogP contribution in [0.3, 0.4) is 0 Å². The molecule has 2 rings (SSSR count). The molecule has 0 aliphatic rings. The van der Waals surface area contributed by atoms with Crippen LogP contribution in [-0.2, 0) is 19.4 Å². The van der Waals surface area contributed by atoms with E-state index < -0.39 is 0 Å². The van der Waals surface area contributed by atoms with Crippen LogP contribution in [0.5, 0.6) is 0 Å². The number of hydrogen-bond donors (Lipinski definition) is 2. The molecule has 8 heteroatoms. The fraction of sp³-hybridized carbons (Fsp3) is 0.600. The summed E-state index contributed by atoms with van der Waals surface area (Å²) in [5, 5.41) is 15.8. The number of aliphatic imine (C=N–C) groups is 1. The lowest BCUT2D eigenvalue weighted by Crippen LogP contribution is -2.39. The van der Waals surface area contributed by atoms with Crippen LogP contribution in [0.2, 0.25) is 0 Å². The molecule has 0 bridgehead atoms. The van der Waals surface area contributed by atoms with Crippen molar-refractivity contribution in [2.24, 2.45) is 4.99 Å². The van der Waals surface area contributed by atoms with Gasteiger partial charge in [-0.3, -0.25) is 4.99 Å². The first-order valence-corrected chi connectivity index (χ1v) is 8.69. The number of nitrogens with one attached hydrogen (secondary N) is 2. The lowest BCUT2D eigenvalue weighted by molar-refractivity contribution is 0.632. The number of thiazole rings is 1. The van der Waals surface area contributed by atoms with Gasteiger partial charge in [0.2, 0.25) is 0 Å². The topological polar surface area (TPSA) is 80.0 Å². The Kier molecular flexibility index (Phi) is 6.52. The first-order chi connectivity index (χ1) is 11.1. The molecule has 0 saturated carbocycles. The maximum absolute atomic E-state index is 4.45. The minimum atomic E-state index is 0.781. The van der Waals surface area contributed by atoms with Crippen LogP contribution in [0, 0.1) is 13.8 Å². The van der Waals surface area contributed by atoms with E-state index in [2.05, 4.69) is 49.2 Å². The fourth-order valence-electron chi connectivity index (χ4n) is 2.35. The van der Waals surface area contributed by atoms with Gasteiger partial charge < -0.3 is 15.2 Å². The van der Waals surface area contributed by atoms with Crippen molar-refractivity contribution in [2.75, 3.05) is 20.1 Å². The van der Waals surface area contributed by atoms with E-state index in [1.54, 1.807) is 24.7 Å². The molecule has 2 aromatic rings. The first kappa shape index (κ1) is 17.4. The van der Waals surface area contributed by atoms with Crippen LogP contribution in [0.25, 0.3) is 0 Å². The van der Waals surface area contributed by atoms with Gasteiger partial charge >= 0.3 is 0 Å². The Morgan fingerprint density at radius 3 is 2.74 bits per heavy atom. The van der Waals surface area contributed by atoms with Gasteiger partial charge in [0.25, 0.3) is 0 Å². The molecule has 0 atom stereocenters. The summed E-state index contributed by atoms with van der Waals surface area (Å²) in [4.78, 5) is 10.0. The molecule has 23 heavy (non-hydrogen) atoms. The first-order valence-electron chi connectivity index (χ1n) is 7.88. The smallest absolute Gasteiger partial charge is 0.191 e. The van der Waals surface area contributed by atoms with E-state index in [0.29, 0.717) is 0 Å². The van der Waals surface area contributed by atoms with E-state index in [4.69, 9.17) is 0 Å². The molecule has 0 amide bonds. The van der Waals surface area contributed by atoms with Gasteiger partial charge in [-0.1, -0.05) is 6.92 Å². The number of hydrogen-bond acceptors (Lipinski definition) is 5. The Morgan fingerprint density at radius 1 is 1.30 bits per heavy atom. The summed E-state index contributed by atoms with van der Waals surface area (Å²) in [6.07, 6.45) is 3.62. The molecule has 0 unspecified atom stereocenters. The molecule has 0 radical (unpaired) electrons. The van der Waals surface area contributed by atoms with Crippen molar-refractivity contribution in [1.29, 1.82) is 0 Å². The predicted molar refractivity (Wildman–Crippen MR) is 94.1 cm³/mol. The second-order valence-corrected chi connectivity index (χ2v) is 6.50. The Labute approximate surface area is 141 Å². The van der Waals surface area contributed by atoms with Gasteiger partial charge in [0.15, 0.2) is 5.96 Å². The van der Waals surface area contributed by atoms with Gasteiger partial charge in [-0.2, -0.15) is 0 Å². The van der Waals surface area contributed by atoms with E-state index in [0.717, 1.165) is 55.0 Å². The summed E-state index contributed by atoms with van der Waals surface area (Å²) in [5.74, 6) is 1.82. The van der Waals surface area contributed by atoms with E-state index >= 15 is 0 Å². The van der Waals surface area contributed by atoms with Crippen molar-refractivity contribution < 1.29 is 0 Å². The third-order valence-electron chi connectivity index (χ3n) is 3.52. The fourth-order valence-corrected chi connectivity index (χ4v) is 3.29. The van der Waals surface area contributed by atoms with Crippen molar-refractivity contribution in [1.82, 2.24) is 30.4 Å². The third kappa shape index (κ3) is 5.02. The zero-order valence-electron chi connectivity index (χ0n) is 14.3. The minimum absolute atomic E-state index is 0.781. The zero-order valence-corrected chi connectivity index (χ0v) is 15.1. The van der Waals surface area contributed by atoms with Gasteiger partial charge in [0.1, 0.15) is 12.2 Å². The highest BCUT2D eigenvalue weighted by molar-refractivity contribution is 7.11. The van der Waals surface area contributed by atoms with Crippen LogP contribution >= 0.6 is 11.3 Å². The Hall–Kier alpha value is -1.96. The average Bonchev–Trinajstić information content (AvgIpc) is 3.11. The van der Waals surface area contributed by atoms with Gasteiger partial charge in [-0.15, -0.1) is 21.5 Å². The quantitative estimate of drug-likeness (QED) is 0.589. The number of rotatable bonds is 7. The number of aryl methyl sites for hydroxylation is 3. The number of guanidine groups is 1. The van der Waals surface area contributed by atoms with Crippen LogP contribution in [0.15, 0.2) is 11.3 Å². The predicted octanol–water partition coefficient (Wildman–Crippen LogP) is 1.32. The molecular weight excluding hydrogens is 310 g/mol. The summed E-state index contributed by atoms with van der Waals surface area (Å²) in [7, 11) is 1.79. The third-order valence-corrected chi connectivity index (χ3v) is 4.66. The summed E-state index contributed by atoms with van der Waals surface area (Å²) in [6, 6.07) is 0. The normalized spacial score (nSPS) is 11.7. The maximum atomic E-state index is 4.45. The summed E-state index contributed by atoms with van der Waals surface area (Å²) in [5.41, 5.74) is 1.14. The molecule has 2 aromatic heterocycles. The monoisotopic (exact) mass is 335 g/mol. The highest BCUT2D eigenvalue weighted by Crippen LogP contribution is 2.16. The van der Waals surface area contributed by atoms with Gasteiger partial charge in [0, 0.05) is 44.4 Å². The second-order valence-electron chi connectivity index (χ2n) is 5.21. The van der Waals surface area contributed by atoms with Crippen LogP contribution in [0.1, 0.15) is 28.3 Å². The van der Waals surface area contributed by atoms with Gasteiger partial charge in [-0.05, 0) is 13.8 Å². The number of nitrogens with zero attached hydrogens (tertiary/aromatic N) is 5. The summed E-state index contributed by atoms with van der Waals surface area (Å²) in [6.45, 7) is 8.64. The molecule has 0 fully saturated rings. The van der Waals surface area contributed by atoms with Crippen molar-refractivity contribution in [2.45, 2.75) is 40.2 Å². The van der Waals surface area contributed by atoms with E-state index in [-0.39, 0.29) is 0 Å². The molecule has 0 aliphatic carbocycles. The minimum Gasteiger partial charge on any atom is -0.356 e. The molecule has 0 aromatic carbocycles. The highest BCUT2D eigenvalue weighted by atomic mass is 32.1. The van der Waals surface area contributed by atoms with Crippen LogP contribution in [0.4, 0.5) is 0 Å². The average molecular weight is 335 g/mol. The Bertz CT molecular complexity index is 644. The Balaban J connectivity index is 1.72. The molecular formula is C15H25N7S. The Morgan fingerprint density at radius 2 is 2.09 bits per heavy atom. The zero-order chi connectivity index (χ0) is 16.7. The highest BCUT2D eigenvalue weighted by Gasteiger charge is 2.05. The molecule has 0 spiro atoms. The lowest BCUT2D eigenvalue weighted by atomic mass is 10.3. The molecule has 0 saturated heterocycles. The van der Waals surface area contributed by atoms with Crippen molar-refractivity contribution in [3.63, 3.8) is 0 Å². The van der Waals surface area contributed by atoms with Gasteiger partial charge in [0.05, 0.1) is 10.7 Å². The maximum Gasteiger partial charge on any atom is 0.191 e. The second kappa shape index (κ2) is 8.61. The molecule has 7 nitrogen and oxygen atoms in total. The van der Waals surface area contributed by atoms with Crippen LogP contribution < -0.4 is 10.6 Å². The molecule has 126 valence electrons. The number of aromatic nitrogens is 4. The van der Waals surface area contributed by atoms with Crippen molar-refractivity contribution >= 4 is 17.3 Å². The van der Waals surface area contributed by atoms with Crippen LogP contribution in [-0.4, -0.2) is 45.8 Å². The summed E-state index contributed by atoms with van der Waals surface area (Å²) < 4.78 is 2.06. The standard InChI is InChI=1S/C15H25N7S/c1-5-14-21-19-10-22(14)9-8-18-15(16-4)17-7-6-13-11(2)20-12(3)23-13/h10H,5-9H2,1-4H3,(H2,16,17,18). The van der Waals surface area contributed by atoms with E-state index in [1.807, 2.05) is 6.92 Å². The molecule has 2 N–H and O–H groups in total. The largest absolute Gasteiger partial charge is 0.356 e. The van der Waals surface area contributed by atoms with Crippen molar-refractivity contribution in [3.05, 3.63) is 27.7 Å².